The van der Waals surface area contributed by atoms with E-state index in [1.54, 1.807) is 0 Å². The minimum Gasteiger partial charge on any atom is -0.347 e. The quantitative estimate of drug-likeness (QED) is 0.601. The summed E-state index contributed by atoms with van der Waals surface area (Å²) >= 11 is 5.27. The molecule has 0 spiro atoms. The lowest BCUT2D eigenvalue weighted by Crippen LogP contribution is -2.52. The SMILES string of the molecule is S=C(NC1=NCCCC1)NC1CCCCN1. The molecule has 0 aromatic rings. The number of nitrogens with zero attached hydrogens (tertiary/aromatic N) is 1. The Morgan fingerprint density at radius 3 is 2.94 bits per heavy atom. The summed E-state index contributed by atoms with van der Waals surface area (Å²) in [6, 6.07) is 0. The molecule has 1 fully saturated rings. The van der Waals surface area contributed by atoms with Crippen LogP contribution in [0.25, 0.3) is 0 Å². The Bertz CT molecular complexity index is 271. The largest absolute Gasteiger partial charge is 0.347 e. The maximum atomic E-state index is 5.27. The van der Waals surface area contributed by atoms with Crippen LogP contribution < -0.4 is 16.0 Å². The van der Waals surface area contributed by atoms with E-state index in [1.165, 1.54) is 25.7 Å². The normalized spacial score (nSPS) is 25.8. The molecule has 2 aliphatic rings. The van der Waals surface area contributed by atoms with Gasteiger partial charge in [0.1, 0.15) is 5.84 Å². The van der Waals surface area contributed by atoms with Crippen molar-refractivity contribution in [1.82, 2.24) is 16.0 Å². The molecule has 1 unspecified atom stereocenters. The van der Waals surface area contributed by atoms with Crippen LogP contribution >= 0.6 is 12.2 Å². The van der Waals surface area contributed by atoms with Gasteiger partial charge in [-0.3, -0.25) is 10.3 Å². The summed E-state index contributed by atoms with van der Waals surface area (Å²) in [5.41, 5.74) is 0. The fourth-order valence-corrected chi connectivity index (χ4v) is 2.36. The van der Waals surface area contributed by atoms with Crippen molar-refractivity contribution in [1.29, 1.82) is 0 Å². The fraction of sp³-hybridized carbons (Fsp3) is 0.818. The zero-order valence-corrected chi connectivity index (χ0v) is 10.4. The van der Waals surface area contributed by atoms with E-state index in [2.05, 4.69) is 20.9 Å². The van der Waals surface area contributed by atoms with Crippen LogP contribution in [0.15, 0.2) is 4.99 Å². The lowest BCUT2D eigenvalue weighted by Gasteiger charge is -2.26. The van der Waals surface area contributed by atoms with Crippen LogP contribution in [-0.2, 0) is 0 Å². The second kappa shape index (κ2) is 6.15. The predicted molar refractivity (Wildman–Crippen MR) is 70.7 cm³/mol. The minimum atomic E-state index is 0.331. The average Bonchev–Trinajstić information content (AvgIpc) is 2.31. The Balaban J connectivity index is 1.72. The third kappa shape index (κ3) is 3.72. The number of aliphatic imine (C=N–C) groups is 1. The van der Waals surface area contributed by atoms with Crippen molar-refractivity contribution in [2.24, 2.45) is 4.99 Å². The smallest absolute Gasteiger partial charge is 0.172 e. The molecule has 0 radical (unpaired) electrons. The van der Waals surface area contributed by atoms with E-state index in [0.717, 1.165) is 31.8 Å². The first-order valence-corrected chi connectivity index (χ1v) is 6.59. The monoisotopic (exact) mass is 240 g/mol. The van der Waals surface area contributed by atoms with E-state index >= 15 is 0 Å². The van der Waals surface area contributed by atoms with Crippen LogP contribution in [0.4, 0.5) is 0 Å². The second-order valence-corrected chi connectivity index (χ2v) is 4.79. The molecule has 4 nitrogen and oxygen atoms in total. The van der Waals surface area contributed by atoms with Gasteiger partial charge in [0.15, 0.2) is 5.11 Å². The van der Waals surface area contributed by atoms with E-state index < -0.39 is 0 Å². The molecule has 0 aromatic heterocycles. The van der Waals surface area contributed by atoms with Gasteiger partial charge < -0.3 is 10.6 Å². The van der Waals surface area contributed by atoms with Gasteiger partial charge in [0.2, 0.25) is 0 Å². The average molecular weight is 240 g/mol. The highest BCUT2D eigenvalue weighted by atomic mass is 32.1. The Kier molecular flexibility index (Phi) is 4.54. The molecule has 0 aliphatic carbocycles. The molecule has 0 aromatic carbocycles. The molecule has 0 bridgehead atoms. The van der Waals surface area contributed by atoms with Gasteiger partial charge in [-0.25, -0.2) is 0 Å². The van der Waals surface area contributed by atoms with E-state index in [1.807, 2.05) is 0 Å². The van der Waals surface area contributed by atoms with Crippen molar-refractivity contribution in [2.45, 2.75) is 44.7 Å². The molecule has 1 atom stereocenters. The maximum Gasteiger partial charge on any atom is 0.172 e. The Hall–Kier alpha value is -0.680. The first-order chi connectivity index (χ1) is 7.84. The highest BCUT2D eigenvalue weighted by molar-refractivity contribution is 7.80. The van der Waals surface area contributed by atoms with Crippen LogP contribution in [0, 0.1) is 0 Å². The third-order valence-electron chi connectivity index (χ3n) is 3.00. The zero-order chi connectivity index (χ0) is 11.2. The van der Waals surface area contributed by atoms with Gasteiger partial charge >= 0.3 is 0 Å². The van der Waals surface area contributed by atoms with Crippen LogP contribution in [0.1, 0.15) is 38.5 Å². The minimum absolute atomic E-state index is 0.331. The molecular weight excluding hydrogens is 220 g/mol. The molecule has 0 amide bonds. The third-order valence-corrected chi connectivity index (χ3v) is 3.22. The molecule has 0 saturated carbocycles. The topological polar surface area (TPSA) is 48.5 Å². The van der Waals surface area contributed by atoms with E-state index in [9.17, 15) is 0 Å². The van der Waals surface area contributed by atoms with Crippen LogP contribution in [0.5, 0.6) is 0 Å². The Labute approximate surface area is 102 Å². The molecule has 1 saturated heterocycles. The molecule has 90 valence electrons. The molecule has 2 aliphatic heterocycles. The highest BCUT2D eigenvalue weighted by Gasteiger charge is 2.14. The first kappa shape index (κ1) is 11.8. The van der Waals surface area contributed by atoms with Crippen molar-refractivity contribution < 1.29 is 0 Å². The Morgan fingerprint density at radius 1 is 1.31 bits per heavy atom. The van der Waals surface area contributed by atoms with Gasteiger partial charge in [0.25, 0.3) is 0 Å². The predicted octanol–water partition coefficient (Wildman–Crippen LogP) is 1.13. The maximum absolute atomic E-state index is 5.27. The second-order valence-electron chi connectivity index (χ2n) is 4.39. The van der Waals surface area contributed by atoms with E-state index in [-0.39, 0.29) is 0 Å². The summed E-state index contributed by atoms with van der Waals surface area (Å²) < 4.78 is 0. The molecule has 2 heterocycles. The van der Waals surface area contributed by atoms with Crippen LogP contribution in [0.2, 0.25) is 0 Å². The van der Waals surface area contributed by atoms with Gasteiger partial charge in [-0.1, -0.05) is 0 Å². The summed E-state index contributed by atoms with van der Waals surface area (Å²) in [7, 11) is 0. The number of hydrogen-bond acceptors (Lipinski definition) is 3. The molecule has 5 heteroatoms. The molecule has 3 N–H and O–H groups in total. The van der Waals surface area contributed by atoms with Gasteiger partial charge in [-0.15, -0.1) is 0 Å². The van der Waals surface area contributed by atoms with Gasteiger partial charge in [-0.05, 0) is 50.9 Å². The first-order valence-electron chi connectivity index (χ1n) is 6.19. The number of piperidine rings is 1. The number of rotatable bonds is 1. The lowest BCUT2D eigenvalue weighted by molar-refractivity contribution is 0.382. The van der Waals surface area contributed by atoms with Crippen LogP contribution in [0.3, 0.4) is 0 Å². The molecule has 16 heavy (non-hydrogen) atoms. The van der Waals surface area contributed by atoms with Gasteiger partial charge in [0.05, 0.1) is 6.17 Å². The summed E-state index contributed by atoms with van der Waals surface area (Å²) in [6.07, 6.45) is 7.47. The van der Waals surface area contributed by atoms with E-state index in [4.69, 9.17) is 12.2 Å². The number of amidine groups is 1. The number of hydrogen-bond donors (Lipinski definition) is 3. The van der Waals surface area contributed by atoms with Crippen molar-refractivity contribution in [3.8, 4) is 0 Å². The van der Waals surface area contributed by atoms with E-state index in [0.29, 0.717) is 11.3 Å². The van der Waals surface area contributed by atoms with Crippen molar-refractivity contribution in [3.05, 3.63) is 0 Å². The lowest BCUT2D eigenvalue weighted by atomic mass is 10.1. The van der Waals surface area contributed by atoms with Gasteiger partial charge in [0, 0.05) is 13.0 Å². The number of nitrogens with one attached hydrogen (secondary N) is 3. The van der Waals surface area contributed by atoms with Crippen LogP contribution in [-0.4, -0.2) is 30.2 Å². The number of thiocarbonyl (C=S) groups is 1. The van der Waals surface area contributed by atoms with Gasteiger partial charge in [-0.2, -0.15) is 0 Å². The fourth-order valence-electron chi connectivity index (χ4n) is 2.10. The summed E-state index contributed by atoms with van der Waals surface area (Å²) in [4.78, 5) is 4.42. The summed E-state index contributed by atoms with van der Waals surface area (Å²) in [5.74, 6) is 1.04. The highest BCUT2D eigenvalue weighted by Crippen LogP contribution is 2.05. The zero-order valence-electron chi connectivity index (χ0n) is 9.59. The van der Waals surface area contributed by atoms with Crippen molar-refractivity contribution in [2.75, 3.05) is 13.1 Å². The Morgan fingerprint density at radius 2 is 2.25 bits per heavy atom. The summed E-state index contributed by atoms with van der Waals surface area (Å²) in [6.45, 7) is 2.02. The molecular formula is C11H20N4S. The van der Waals surface area contributed by atoms with Crippen molar-refractivity contribution >= 4 is 23.2 Å². The standard InChI is InChI=1S/C11H20N4S/c16-11(14-9-5-1-3-7-12-9)15-10-6-2-4-8-13-10/h9,12H,1-8H2,(H2,13,14,15,16). The molecule has 2 rings (SSSR count). The van der Waals surface area contributed by atoms with Crippen molar-refractivity contribution in [3.63, 3.8) is 0 Å². The summed E-state index contributed by atoms with van der Waals surface area (Å²) in [5, 5.41) is 10.6.